The third kappa shape index (κ3) is 4.68. The van der Waals surface area contributed by atoms with E-state index < -0.39 is 0 Å². The lowest BCUT2D eigenvalue weighted by atomic mass is 10.2. The van der Waals surface area contributed by atoms with Crippen molar-refractivity contribution in [2.75, 3.05) is 19.0 Å². The van der Waals surface area contributed by atoms with Gasteiger partial charge in [-0.15, -0.1) is 0 Å². The van der Waals surface area contributed by atoms with Gasteiger partial charge in [0, 0.05) is 12.6 Å². The van der Waals surface area contributed by atoms with Crippen molar-refractivity contribution in [3.63, 3.8) is 0 Å². The van der Waals surface area contributed by atoms with Crippen LogP contribution in [0.3, 0.4) is 0 Å². The topological polar surface area (TPSA) is 76.1 Å². The van der Waals surface area contributed by atoms with Crippen molar-refractivity contribution in [3.8, 4) is 5.75 Å². The molecule has 1 aromatic carbocycles. The normalized spacial score (nSPS) is 10.6. The number of anilines is 2. The molecular formula is C18H24N4O2. The molecule has 0 unspecified atom stereocenters. The van der Waals surface area contributed by atoms with Gasteiger partial charge in [0.05, 0.1) is 12.8 Å². The Morgan fingerprint density at radius 1 is 1.21 bits per heavy atom. The first-order chi connectivity index (χ1) is 11.4. The highest BCUT2D eigenvalue weighted by Gasteiger charge is 2.12. The molecular weight excluding hydrogens is 304 g/mol. The van der Waals surface area contributed by atoms with Gasteiger partial charge in [0.1, 0.15) is 23.1 Å². The molecule has 1 heterocycles. The van der Waals surface area contributed by atoms with Crippen LogP contribution in [0.1, 0.15) is 35.7 Å². The maximum Gasteiger partial charge on any atom is 0.270 e. The SMILES string of the molecule is COc1ccc(C)cc1Nc1cc(C(=O)NCC(C)C)nc(C)n1. The fourth-order valence-electron chi connectivity index (χ4n) is 2.19. The summed E-state index contributed by atoms with van der Waals surface area (Å²) < 4.78 is 5.36. The minimum atomic E-state index is -0.201. The Bertz CT molecular complexity index is 729. The van der Waals surface area contributed by atoms with Crippen molar-refractivity contribution in [2.24, 2.45) is 5.92 Å². The molecule has 1 amide bonds. The van der Waals surface area contributed by atoms with E-state index in [1.54, 1.807) is 20.1 Å². The summed E-state index contributed by atoms with van der Waals surface area (Å²) in [4.78, 5) is 20.8. The largest absolute Gasteiger partial charge is 0.495 e. The van der Waals surface area contributed by atoms with E-state index in [1.807, 2.05) is 39.0 Å². The zero-order valence-electron chi connectivity index (χ0n) is 14.8. The maximum atomic E-state index is 12.2. The summed E-state index contributed by atoms with van der Waals surface area (Å²) in [6, 6.07) is 7.47. The third-order valence-electron chi connectivity index (χ3n) is 3.36. The molecule has 0 saturated heterocycles. The standard InChI is InChI=1S/C18H24N4O2/c1-11(2)10-19-18(23)15-9-17(21-13(4)20-15)22-14-8-12(3)6-7-16(14)24-5/h6-9,11H,10H2,1-5H3,(H,19,23)(H,20,21,22). The Hall–Kier alpha value is -2.63. The second-order valence-corrected chi connectivity index (χ2v) is 6.12. The number of rotatable bonds is 6. The van der Waals surface area contributed by atoms with Gasteiger partial charge in [0.2, 0.25) is 0 Å². The predicted molar refractivity (Wildman–Crippen MR) is 95.0 cm³/mol. The van der Waals surface area contributed by atoms with E-state index >= 15 is 0 Å². The predicted octanol–water partition coefficient (Wildman–Crippen LogP) is 3.23. The lowest BCUT2D eigenvalue weighted by molar-refractivity contribution is 0.0943. The second-order valence-electron chi connectivity index (χ2n) is 6.12. The Balaban J connectivity index is 2.25. The lowest BCUT2D eigenvalue weighted by Crippen LogP contribution is -2.28. The van der Waals surface area contributed by atoms with E-state index in [4.69, 9.17) is 4.74 Å². The molecule has 1 aromatic heterocycles. The average molecular weight is 328 g/mol. The Labute approximate surface area is 142 Å². The number of aromatic nitrogens is 2. The molecule has 2 rings (SSSR count). The summed E-state index contributed by atoms with van der Waals surface area (Å²) in [5.41, 5.74) is 2.24. The molecule has 0 spiro atoms. The zero-order chi connectivity index (χ0) is 17.7. The smallest absolute Gasteiger partial charge is 0.270 e. The summed E-state index contributed by atoms with van der Waals surface area (Å²) in [5, 5.41) is 6.08. The monoisotopic (exact) mass is 328 g/mol. The van der Waals surface area contributed by atoms with E-state index in [0.717, 1.165) is 11.3 Å². The number of aryl methyl sites for hydroxylation is 2. The number of hydrogen-bond donors (Lipinski definition) is 2. The summed E-state index contributed by atoms with van der Waals surface area (Å²) in [6.07, 6.45) is 0. The van der Waals surface area contributed by atoms with E-state index in [1.165, 1.54) is 0 Å². The molecule has 128 valence electrons. The van der Waals surface area contributed by atoms with Gasteiger partial charge >= 0.3 is 0 Å². The van der Waals surface area contributed by atoms with Crippen LogP contribution < -0.4 is 15.4 Å². The van der Waals surface area contributed by atoms with Gasteiger partial charge in [-0.25, -0.2) is 9.97 Å². The number of nitrogens with zero attached hydrogens (tertiary/aromatic N) is 2. The second kappa shape index (κ2) is 7.77. The van der Waals surface area contributed by atoms with Crippen molar-refractivity contribution < 1.29 is 9.53 Å². The van der Waals surface area contributed by atoms with E-state index in [-0.39, 0.29) is 5.91 Å². The minimum Gasteiger partial charge on any atom is -0.495 e. The molecule has 6 nitrogen and oxygen atoms in total. The molecule has 6 heteroatoms. The van der Waals surface area contributed by atoms with Gasteiger partial charge in [-0.1, -0.05) is 19.9 Å². The van der Waals surface area contributed by atoms with Crippen LogP contribution in [0.4, 0.5) is 11.5 Å². The highest BCUT2D eigenvalue weighted by atomic mass is 16.5. The minimum absolute atomic E-state index is 0.201. The van der Waals surface area contributed by atoms with Crippen molar-refractivity contribution in [2.45, 2.75) is 27.7 Å². The number of methoxy groups -OCH3 is 1. The maximum absolute atomic E-state index is 12.2. The van der Waals surface area contributed by atoms with Crippen LogP contribution >= 0.6 is 0 Å². The fraction of sp³-hybridized carbons (Fsp3) is 0.389. The molecule has 0 fully saturated rings. The van der Waals surface area contributed by atoms with Crippen LogP contribution in [-0.2, 0) is 0 Å². The summed E-state index contributed by atoms with van der Waals surface area (Å²) in [7, 11) is 1.62. The molecule has 24 heavy (non-hydrogen) atoms. The molecule has 0 saturated carbocycles. The molecule has 0 radical (unpaired) electrons. The first-order valence-corrected chi connectivity index (χ1v) is 7.94. The first kappa shape index (κ1) is 17.7. The summed E-state index contributed by atoms with van der Waals surface area (Å²) in [6.45, 7) is 8.46. The molecule has 0 aliphatic heterocycles. The molecule has 0 aliphatic rings. The van der Waals surface area contributed by atoms with Gasteiger partial charge in [-0.05, 0) is 37.5 Å². The highest BCUT2D eigenvalue weighted by Crippen LogP contribution is 2.28. The number of ether oxygens (including phenoxy) is 1. The van der Waals surface area contributed by atoms with Gasteiger partial charge in [0.25, 0.3) is 5.91 Å². The zero-order valence-corrected chi connectivity index (χ0v) is 14.8. The number of carbonyl (C=O) groups excluding carboxylic acids is 1. The fourth-order valence-corrected chi connectivity index (χ4v) is 2.19. The number of benzene rings is 1. The van der Waals surface area contributed by atoms with Crippen LogP contribution in [0.5, 0.6) is 5.75 Å². The number of nitrogens with one attached hydrogen (secondary N) is 2. The third-order valence-corrected chi connectivity index (χ3v) is 3.36. The number of hydrogen-bond acceptors (Lipinski definition) is 5. The number of carbonyl (C=O) groups is 1. The van der Waals surface area contributed by atoms with Crippen LogP contribution in [0.2, 0.25) is 0 Å². The van der Waals surface area contributed by atoms with Crippen LogP contribution in [0.15, 0.2) is 24.3 Å². The molecule has 2 N–H and O–H groups in total. The Morgan fingerprint density at radius 3 is 2.62 bits per heavy atom. The Kier molecular flexibility index (Phi) is 5.73. The van der Waals surface area contributed by atoms with Crippen molar-refractivity contribution in [3.05, 3.63) is 41.3 Å². The molecule has 0 aliphatic carbocycles. The summed E-state index contributed by atoms with van der Waals surface area (Å²) in [5.74, 6) is 1.98. The average Bonchev–Trinajstić information content (AvgIpc) is 2.52. The van der Waals surface area contributed by atoms with Crippen LogP contribution in [-0.4, -0.2) is 29.5 Å². The van der Waals surface area contributed by atoms with Gasteiger partial charge in [-0.3, -0.25) is 4.79 Å². The Morgan fingerprint density at radius 2 is 1.96 bits per heavy atom. The van der Waals surface area contributed by atoms with Crippen molar-refractivity contribution in [1.82, 2.24) is 15.3 Å². The van der Waals surface area contributed by atoms with E-state index in [0.29, 0.717) is 35.5 Å². The quantitative estimate of drug-likeness (QED) is 0.851. The highest BCUT2D eigenvalue weighted by molar-refractivity contribution is 5.93. The molecule has 2 aromatic rings. The van der Waals surface area contributed by atoms with Crippen LogP contribution in [0, 0.1) is 19.8 Å². The molecule has 0 atom stereocenters. The summed E-state index contributed by atoms with van der Waals surface area (Å²) >= 11 is 0. The molecule has 0 bridgehead atoms. The van der Waals surface area contributed by atoms with Crippen molar-refractivity contribution >= 4 is 17.4 Å². The van der Waals surface area contributed by atoms with Crippen molar-refractivity contribution in [1.29, 1.82) is 0 Å². The lowest BCUT2D eigenvalue weighted by Gasteiger charge is -2.13. The van der Waals surface area contributed by atoms with E-state index in [9.17, 15) is 4.79 Å². The van der Waals surface area contributed by atoms with E-state index in [2.05, 4.69) is 20.6 Å². The van der Waals surface area contributed by atoms with Gasteiger partial charge in [-0.2, -0.15) is 0 Å². The van der Waals surface area contributed by atoms with Gasteiger partial charge < -0.3 is 15.4 Å². The number of amides is 1. The van der Waals surface area contributed by atoms with Gasteiger partial charge in [0.15, 0.2) is 0 Å². The first-order valence-electron chi connectivity index (χ1n) is 7.94. The van der Waals surface area contributed by atoms with Crippen LogP contribution in [0.25, 0.3) is 0 Å².